The number of carbonyl (C=O) groups excluding carboxylic acids is 1. The van der Waals surface area contributed by atoms with Gasteiger partial charge in [-0.25, -0.2) is 13.2 Å². The molecule has 0 unspecified atom stereocenters. The summed E-state index contributed by atoms with van der Waals surface area (Å²) in [6.45, 7) is 3.65. The van der Waals surface area contributed by atoms with Crippen molar-refractivity contribution in [1.29, 1.82) is 0 Å². The highest BCUT2D eigenvalue weighted by molar-refractivity contribution is 7.92. The molecule has 0 radical (unpaired) electrons. The van der Waals surface area contributed by atoms with Gasteiger partial charge in [-0.1, -0.05) is 29.8 Å². The fraction of sp³-hybridized carbons (Fsp3) is 0.130. The number of nitro groups is 1. The molecule has 0 spiro atoms. The van der Waals surface area contributed by atoms with E-state index in [0.29, 0.717) is 16.8 Å². The highest BCUT2D eigenvalue weighted by Crippen LogP contribution is 2.29. The molecule has 0 atom stereocenters. The minimum Gasteiger partial charge on any atom is -0.465 e. The van der Waals surface area contributed by atoms with Crippen LogP contribution in [0.1, 0.15) is 27.0 Å². The van der Waals surface area contributed by atoms with Crippen molar-refractivity contribution in [2.24, 2.45) is 5.10 Å². The number of sulfonamides is 1. The Labute approximate surface area is 196 Å². The fourth-order valence-corrected chi connectivity index (χ4v) is 4.21. The molecule has 0 aliphatic rings. The van der Waals surface area contributed by atoms with Gasteiger partial charge >= 0.3 is 5.97 Å². The van der Waals surface area contributed by atoms with E-state index in [9.17, 15) is 23.3 Å². The van der Waals surface area contributed by atoms with Crippen molar-refractivity contribution in [2.45, 2.75) is 18.7 Å². The number of hydrazone groups is 1. The van der Waals surface area contributed by atoms with Crippen LogP contribution in [0, 0.1) is 24.0 Å². The smallest absolute Gasteiger partial charge is 0.337 e. The molecule has 0 amide bonds. The van der Waals surface area contributed by atoms with E-state index in [2.05, 4.69) is 20.0 Å². The van der Waals surface area contributed by atoms with E-state index in [-0.39, 0.29) is 10.6 Å². The lowest BCUT2D eigenvalue weighted by Gasteiger charge is -2.12. The van der Waals surface area contributed by atoms with Crippen molar-refractivity contribution in [1.82, 2.24) is 0 Å². The number of hydrogen-bond donors (Lipinski definition) is 2. The van der Waals surface area contributed by atoms with Crippen LogP contribution in [0.4, 0.5) is 17.1 Å². The number of nitrogens with one attached hydrogen (secondary N) is 2. The van der Waals surface area contributed by atoms with Crippen LogP contribution >= 0.6 is 0 Å². The van der Waals surface area contributed by atoms with Gasteiger partial charge in [0.2, 0.25) is 0 Å². The van der Waals surface area contributed by atoms with Gasteiger partial charge in [-0.2, -0.15) is 5.10 Å². The zero-order valence-electron chi connectivity index (χ0n) is 18.6. The Morgan fingerprint density at radius 2 is 1.71 bits per heavy atom. The minimum absolute atomic E-state index is 0.0119. The average Bonchev–Trinajstić information content (AvgIpc) is 2.80. The predicted octanol–water partition coefficient (Wildman–Crippen LogP) is 4.25. The number of nitro benzene ring substituents is 1. The molecule has 0 saturated carbocycles. The summed E-state index contributed by atoms with van der Waals surface area (Å²) in [5.74, 6) is -0.473. The van der Waals surface area contributed by atoms with Crippen LogP contribution in [-0.4, -0.2) is 32.6 Å². The number of esters is 1. The molecule has 0 bridgehead atoms. The van der Waals surface area contributed by atoms with Gasteiger partial charge in [0.15, 0.2) is 0 Å². The molecule has 3 rings (SSSR count). The maximum Gasteiger partial charge on any atom is 0.337 e. The molecule has 10 nitrogen and oxygen atoms in total. The molecule has 0 fully saturated rings. The van der Waals surface area contributed by atoms with E-state index >= 15 is 0 Å². The molecular weight excluding hydrogens is 460 g/mol. The Bertz CT molecular complexity index is 1370. The highest BCUT2D eigenvalue weighted by atomic mass is 32.2. The summed E-state index contributed by atoms with van der Waals surface area (Å²) in [5.41, 5.74) is 5.20. The summed E-state index contributed by atoms with van der Waals surface area (Å²) in [6, 6.07) is 15.1. The Morgan fingerprint density at radius 3 is 2.32 bits per heavy atom. The molecular formula is C23H22N4O6S. The van der Waals surface area contributed by atoms with Gasteiger partial charge in [0.1, 0.15) is 5.69 Å². The van der Waals surface area contributed by atoms with Gasteiger partial charge in [-0.3, -0.25) is 20.3 Å². The van der Waals surface area contributed by atoms with Crippen molar-refractivity contribution in [2.75, 3.05) is 17.3 Å². The van der Waals surface area contributed by atoms with Crippen LogP contribution in [0.2, 0.25) is 0 Å². The lowest BCUT2D eigenvalue weighted by Crippen LogP contribution is -2.14. The fourth-order valence-electron chi connectivity index (χ4n) is 3.06. The normalized spacial score (nSPS) is 11.3. The topological polar surface area (TPSA) is 140 Å². The van der Waals surface area contributed by atoms with E-state index in [4.69, 9.17) is 0 Å². The number of carbonyl (C=O) groups is 1. The van der Waals surface area contributed by atoms with Crippen molar-refractivity contribution in [3.05, 3.63) is 93.0 Å². The Hall–Kier alpha value is -4.25. The SMILES string of the molecule is COC(=O)c1ccc(C=NNc2ccc(S(=O)(=O)Nc3ccc(C)cc3C)cc2[N+](=O)[O-])cc1. The molecule has 0 saturated heterocycles. The first kappa shape index (κ1) is 24.4. The maximum absolute atomic E-state index is 12.8. The number of methoxy groups -OCH3 is 1. The second-order valence-electron chi connectivity index (χ2n) is 7.34. The minimum atomic E-state index is -4.06. The summed E-state index contributed by atoms with van der Waals surface area (Å²) in [6.07, 6.45) is 1.40. The summed E-state index contributed by atoms with van der Waals surface area (Å²) in [7, 11) is -2.77. The highest BCUT2D eigenvalue weighted by Gasteiger charge is 2.22. The summed E-state index contributed by atoms with van der Waals surface area (Å²) in [4.78, 5) is 22.1. The zero-order chi connectivity index (χ0) is 24.9. The van der Waals surface area contributed by atoms with Crippen LogP contribution in [0.15, 0.2) is 70.7 Å². The van der Waals surface area contributed by atoms with E-state index in [1.54, 1.807) is 43.3 Å². The first-order valence-electron chi connectivity index (χ1n) is 9.96. The quantitative estimate of drug-likeness (QED) is 0.212. The molecule has 0 aliphatic heterocycles. The molecule has 176 valence electrons. The van der Waals surface area contributed by atoms with Crippen molar-refractivity contribution < 1.29 is 22.9 Å². The largest absolute Gasteiger partial charge is 0.465 e. The first-order chi connectivity index (χ1) is 16.1. The third kappa shape index (κ3) is 5.75. The molecule has 0 heterocycles. The maximum atomic E-state index is 12.8. The summed E-state index contributed by atoms with van der Waals surface area (Å²) >= 11 is 0. The third-order valence-electron chi connectivity index (χ3n) is 4.83. The molecule has 11 heteroatoms. The number of ether oxygens (including phenoxy) is 1. The van der Waals surface area contributed by atoms with Crippen molar-refractivity contribution in [3.8, 4) is 0 Å². The second-order valence-corrected chi connectivity index (χ2v) is 9.03. The Balaban J connectivity index is 1.80. The van der Waals surface area contributed by atoms with Gasteiger partial charge in [-0.15, -0.1) is 0 Å². The lowest BCUT2D eigenvalue weighted by molar-refractivity contribution is -0.384. The third-order valence-corrected chi connectivity index (χ3v) is 6.20. The second kappa shape index (κ2) is 10.1. The predicted molar refractivity (Wildman–Crippen MR) is 129 cm³/mol. The van der Waals surface area contributed by atoms with E-state index in [1.165, 1.54) is 25.5 Å². The van der Waals surface area contributed by atoms with Gasteiger partial charge < -0.3 is 4.74 Å². The van der Waals surface area contributed by atoms with E-state index < -0.39 is 26.6 Å². The van der Waals surface area contributed by atoms with Crippen LogP contribution in [0.5, 0.6) is 0 Å². The molecule has 34 heavy (non-hydrogen) atoms. The van der Waals surface area contributed by atoms with Gasteiger partial charge in [0.25, 0.3) is 15.7 Å². The zero-order valence-corrected chi connectivity index (χ0v) is 19.4. The number of anilines is 2. The van der Waals surface area contributed by atoms with Gasteiger partial charge in [-0.05, 0) is 55.3 Å². The van der Waals surface area contributed by atoms with Crippen LogP contribution in [0.25, 0.3) is 0 Å². The molecule has 2 N–H and O–H groups in total. The number of rotatable bonds is 8. The van der Waals surface area contributed by atoms with Crippen LogP contribution in [-0.2, 0) is 14.8 Å². The monoisotopic (exact) mass is 482 g/mol. The number of nitrogens with zero attached hydrogens (tertiary/aromatic N) is 2. The van der Waals surface area contributed by atoms with Gasteiger partial charge in [0.05, 0.1) is 34.4 Å². The molecule has 3 aromatic rings. The number of aryl methyl sites for hydroxylation is 2. The average molecular weight is 483 g/mol. The van der Waals surface area contributed by atoms with Gasteiger partial charge in [0, 0.05) is 6.07 Å². The molecule has 3 aromatic carbocycles. The van der Waals surface area contributed by atoms with E-state index in [1.807, 2.05) is 13.0 Å². The van der Waals surface area contributed by atoms with Crippen molar-refractivity contribution >= 4 is 39.3 Å². The molecule has 0 aromatic heterocycles. The first-order valence-corrected chi connectivity index (χ1v) is 11.4. The van der Waals surface area contributed by atoms with Crippen LogP contribution in [0.3, 0.4) is 0 Å². The Morgan fingerprint density at radius 1 is 1.03 bits per heavy atom. The summed E-state index contributed by atoms with van der Waals surface area (Å²) < 4.78 is 32.7. The van der Waals surface area contributed by atoms with E-state index in [0.717, 1.165) is 17.2 Å². The lowest BCUT2D eigenvalue weighted by atomic mass is 10.1. The Kier molecular flexibility index (Phi) is 7.27. The summed E-state index contributed by atoms with van der Waals surface area (Å²) in [5, 5.41) is 15.5. The number of benzene rings is 3. The number of hydrogen-bond acceptors (Lipinski definition) is 8. The molecule has 0 aliphatic carbocycles. The van der Waals surface area contributed by atoms with Crippen LogP contribution < -0.4 is 10.1 Å². The standard InChI is InChI=1S/C23H22N4O6S/c1-15-4-10-20(16(2)12-15)26-34(31,32)19-9-11-21(22(13-19)27(29)30)25-24-14-17-5-7-18(8-6-17)23(28)33-3/h4-14,25-26H,1-3H3. The van der Waals surface area contributed by atoms with Crippen molar-refractivity contribution in [3.63, 3.8) is 0 Å².